The van der Waals surface area contributed by atoms with E-state index in [0.29, 0.717) is 6.54 Å². The molecule has 40 valence electrons. The van der Waals surface area contributed by atoms with Crippen LogP contribution in [-0.2, 0) is 0 Å². The molecular formula is C5H10N2. The molecule has 0 aromatic rings. The van der Waals surface area contributed by atoms with E-state index in [1.165, 1.54) is 0 Å². The van der Waals surface area contributed by atoms with Crippen LogP contribution in [0.15, 0.2) is 17.3 Å². The van der Waals surface area contributed by atoms with Crippen LogP contribution in [0.2, 0.25) is 0 Å². The molecule has 0 aliphatic carbocycles. The van der Waals surface area contributed by atoms with Crippen molar-refractivity contribution in [3.8, 4) is 0 Å². The van der Waals surface area contributed by atoms with Crippen LogP contribution in [0, 0.1) is 0 Å². The lowest BCUT2D eigenvalue weighted by Crippen LogP contribution is -1.91. The molecule has 0 aromatic heterocycles. The summed E-state index contributed by atoms with van der Waals surface area (Å²) < 4.78 is 0. The summed E-state index contributed by atoms with van der Waals surface area (Å²) >= 11 is 0. The molecule has 0 unspecified atom stereocenters. The summed E-state index contributed by atoms with van der Waals surface area (Å²) in [4.78, 5) is 3.60. The zero-order chi connectivity index (χ0) is 5.54. The fourth-order valence-electron chi connectivity index (χ4n) is 0.245. The largest absolute Gasteiger partial charge is 0.394 e. The second-order valence-electron chi connectivity index (χ2n) is 1.10. The zero-order valence-electron chi connectivity index (χ0n) is 4.52. The third kappa shape index (κ3) is 5.21. The molecule has 0 aromatic carbocycles. The first kappa shape index (κ1) is 6.21. The van der Waals surface area contributed by atoms with Gasteiger partial charge < -0.3 is 5.32 Å². The van der Waals surface area contributed by atoms with E-state index in [9.17, 15) is 0 Å². The van der Waals surface area contributed by atoms with Crippen molar-refractivity contribution in [1.82, 2.24) is 5.32 Å². The maximum Gasteiger partial charge on any atom is 0.0579 e. The van der Waals surface area contributed by atoms with Crippen molar-refractivity contribution in [2.45, 2.75) is 0 Å². The van der Waals surface area contributed by atoms with E-state index in [4.69, 9.17) is 0 Å². The van der Waals surface area contributed by atoms with Crippen LogP contribution in [0.1, 0.15) is 0 Å². The minimum Gasteiger partial charge on any atom is -0.394 e. The van der Waals surface area contributed by atoms with E-state index in [-0.39, 0.29) is 0 Å². The lowest BCUT2D eigenvalue weighted by molar-refractivity contribution is 1.08. The van der Waals surface area contributed by atoms with Crippen LogP contribution in [0.4, 0.5) is 0 Å². The highest BCUT2D eigenvalue weighted by atomic mass is 14.8. The van der Waals surface area contributed by atoms with Crippen molar-refractivity contribution in [3.05, 3.63) is 12.3 Å². The number of hydrogen-bond acceptors (Lipinski definition) is 2. The van der Waals surface area contributed by atoms with E-state index in [1.807, 2.05) is 19.3 Å². The fraction of sp³-hybridized carbons (Fsp3) is 0.400. The second kappa shape index (κ2) is 5.21. The van der Waals surface area contributed by atoms with Gasteiger partial charge in [-0.2, -0.15) is 0 Å². The number of hydrogen-bond donors (Lipinski definition) is 1. The van der Waals surface area contributed by atoms with Crippen LogP contribution in [0.3, 0.4) is 0 Å². The topological polar surface area (TPSA) is 24.4 Å². The molecule has 0 aliphatic heterocycles. The fourth-order valence-corrected chi connectivity index (χ4v) is 0.245. The summed E-state index contributed by atoms with van der Waals surface area (Å²) in [5.74, 6) is 0. The Morgan fingerprint density at radius 3 is 3.00 bits per heavy atom. The Bertz CT molecular complexity index is 66.5. The van der Waals surface area contributed by atoms with Crippen molar-refractivity contribution in [2.75, 3.05) is 13.6 Å². The van der Waals surface area contributed by atoms with Gasteiger partial charge in [-0.05, 0) is 19.0 Å². The minimum absolute atomic E-state index is 0.695. The van der Waals surface area contributed by atoms with Gasteiger partial charge in [0.25, 0.3) is 0 Å². The van der Waals surface area contributed by atoms with Crippen LogP contribution < -0.4 is 5.32 Å². The Hall–Kier alpha value is -0.790. The summed E-state index contributed by atoms with van der Waals surface area (Å²) in [5.41, 5.74) is 0. The van der Waals surface area contributed by atoms with Gasteiger partial charge in [0.05, 0.1) is 6.54 Å². The molecule has 0 fully saturated rings. The molecular weight excluding hydrogens is 88.1 g/mol. The van der Waals surface area contributed by atoms with Gasteiger partial charge in [-0.25, -0.2) is 0 Å². The lowest BCUT2D eigenvalue weighted by Gasteiger charge is -1.80. The number of aliphatic imine (C=N–C) groups is 1. The molecule has 0 bridgehead atoms. The van der Waals surface area contributed by atoms with Crippen molar-refractivity contribution >= 4 is 6.72 Å². The van der Waals surface area contributed by atoms with Crippen LogP contribution >= 0.6 is 0 Å². The van der Waals surface area contributed by atoms with Gasteiger partial charge in [-0.1, -0.05) is 0 Å². The number of nitrogens with one attached hydrogen (secondary N) is 1. The molecule has 7 heavy (non-hydrogen) atoms. The van der Waals surface area contributed by atoms with Gasteiger partial charge in [-0.3, -0.25) is 4.99 Å². The first-order valence-corrected chi connectivity index (χ1v) is 2.16. The smallest absolute Gasteiger partial charge is 0.0579 e. The number of rotatable bonds is 3. The predicted octanol–water partition coefficient (Wildman–Crippen LogP) is 0.420. The molecule has 0 heterocycles. The Balaban J connectivity index is 2.92. The minimum atomic E-state index is 0.695. The van der Waals surface area contributed by atoms with Gasteiger partial charge in [0.15, 0.2) is 0 Å². The van der Waals surface area contributed by atoms with Crippen molar-refractivity contribution in [2.24, 2.45) is 4.99 Å². The van der Waals surface area contributed by atoms with Crippen molar-refractivity contribution in [1.29, 1.82) is 0 Å². The summed E-state index contributed by atoms with van der Waals surface area (Å²) in [6, 6.07) is 0. The predicted molar refractivity (Wildman–Crippen MR) is 32.6 cm³/mol. The quantitative estimate of drug-likeness (QED) is 0.508. The van der Waals surface area contributed by atoms with E-state index in [0.717, 1.165) is 0 Å². The molecule has 2 heteroatoms. The second-order valence-corrected chi connectivity index (χ2v) is 1.10. The first-order chi connectivity index (χ1) is 3.41. The van der Waals surface area contributed by atoms with Gasteiger partial charge in [0.1, 0.15) is 0 Å². The van der Waals surface area contributed by atoms with Crippen LogP contribution in [0.5, 0.6) is 0 Å². The average molecular weight is 98.1 g/mol. The molecule has 0 rings (SSSR count). The van der Waals surface area contributed by atoms with Gasteiger partial charge in [-0.15, -0.1) is 0 Å². The summed E-state index contributed by atoms with van der Waals surface area (Å²) in [6.45, 7) is 4.00. The van der Waals surface area contributed by atoms with Gasteiger partial charge in [0.2, 0.25) is 0 Å². The molecule has 1 N–H and O–H groups in total. The zero-order valence-corrected chi connectivity index (χ0v) is 4.52. The Kier molecular flexibility index (Phi) is 4.62. The van der Waals surface area contributed by atoms with E-state index in [1.54, 1.807) is 0 Å². The van der Waals surface area contributed by atoms with E-state index < -0.39 is 0 Å². The lowest BCUT2D eigenvalue weighted by atomic mass is 10.6. The summed E-state index contributed by atoms with van der Waals surface area (Å²) in [5, 5.41) is 2.83. The van der Waals surface area contributed by atoms with E-state index >= 15 is 0 Å². The monoisotopic (exact) mass is 98.1 g/mol. The molecule has 0 atom stereocenters. The SMILES string of the molecule is C=NCC=CNC. The molecule has 2 nitrogen and oxygen atoms in total. The molecule has 0 aliphatic rings. The molecule has 0 saturated heterocycles. The third-order valence-electron chi connectivity index (χ3n) is 0.519. The van der Waals surface area contributed by atoms with Crippen LogP contribution in [0.25, 0.3) is 0 Å². The van der Waals surface area contributed by atoms with Gasteiger partial charge in [0, 0.05) is 7.05 Å². The first-order valence-electron chi connectivity index (χ1n) is 2.16. The highest BCUT2D eigenvalue weighted by molar-refractivity contribution is 5.23. The third-order valence-corrected chi connectivity index (χ3v) is 0.519. The Morgan fingerprint density at radius 2 is 2.57 bits per heavy atom. The van der Waals surface area contributed by atoms with E-state index in [2.05, 4.69) is 17.0 Å². The molecule has 0 spiro atoms. The molecule has 0 amide bonds. The maximum atomic E-state index is 3.60. The summed E-state index contributed by atoms with van der Waals surface area (Å²) in [6.07, 6.45) is 3.72. The Morgan fingerprint density at radius 1 is 1.86 bits per heavy atom. The Labute approximate surface area is 44.0 Å². The number of nitrogens with zero attached hydrogens (tertiary/aromatic N) is 1. The van der Waals surface area contributed by atoms with Crippen molar-refractivity contribution < 1.29 is 0 Å². The molecule has 0 radical (unpaired) electrons. The van der Waals surface area contributed by atoms with Gasteiger partial charge >= 0.3 is 0 Å². The standard InChI is InChI=1S/C5H10N2/c1-6-4-3-5-7-2/h3,5,7H,1,4H2,2H3. The van der Waals surface area contributed by atoms with Crippen LogP contribution in [-0.4, -0.2) is 20.3 Å². The average Bonchev–Trinajstić information content (AvgIpc) is 1.69. The highest BCUT2D eigenvalue weighted by Crippen LogP contribution is 1.66. The normalized spacial score (nSPS) is 9.29. The molecule has 0 saturated carbocycles. The summed E-state index contributed by atoms with van der Waals surface area (Å²) in [7, 11) is 1.85. The van der Waals surface area contributed by atoms with Crippen molar-refractivity contribution in [3.63, 3.8) is 0 Å². The highest BCUT2D eigenvalue weighted by Gasteiger charge is 1.61. The maximum absolute atomic E-state index is 3.60.